The van der Waals surface area contributed by atoms with Crippen LogP contribution in [0.2, 0.25) is 0 Å². The molecule has 0 spiro atoms. The first-order valence-electron chi connectivity index (χ1n) is 16.0. The summed E-state index contributed by atoms with van der Waals surface area (Å²) >= 11 is 0. The number of piperidine rings is 1. The summed E-state index contributed by atoms with van der Waals surface area (Å²) in [6.07, 6.45) is 2.77. The van der Waals surface area contributed by atoms with Crippen molar-refractivity contribution in [3.8, 4) is 0 Å². The second-order valence-electron chi connectivity index (χ2n) is 14.4. The zero-order chi connectivity index (χ0) is 30.6. The highest BCUT2D eigenvalue weighted by molar-refractivity contribution is 5.81. The Balaban J connectivity index is 1.15. The third kappa shape index (κ3) is 5.84. The van der Waals surface area contributed by atoms with Crippen molar-refractivity contribution < 1.29 is 18.0 Å². The largest absolute Gasteiger partial charge is 0.416 e. The lowest BCUT2D eigenvalue weighted by atomic mass is 9.70. The maximum Gasteiger partial charge on any atom is 0.416 e. The van der Waals surface area contributed by atoms with Crippen LogP contribution in [-0.4, -0.2) is 46.0 Å². The summed E-state index contributed by atoms with van der Waals surface area (Å²) in [4.78, 5) is 19.8. The third-order valence-corrected chi connectivity index (χ3v) is 10.7. The van der Waals surface area contributed by atoms with E-state index in [1.165, 1.54) is 30.5 Å². The lowest BCUT2D eigenvalue weighted by molar-refractivity contribution is -0.141. The molecule has 1 aromatic heterocycles. The molecule has 1 N–H and O–H groups in total. The Morgan fingerprint density at radius 1 is 0.977 bits per heavy atom. The quantitative estimate of drug-likeness (QED) is 0.319. The number of fused-ring (bicyclic) bond motifs is 3. The lowest BCUT2D eigenvalue weighted by Gasteiger charge is -2.44. The number of carbonyl (C=O) groups is 1. The fourth-order valence-corrected chi connectivity index (χ4v) is 8.45. The molecule has 1 amide bonds. The van der Waals surface area contributed by atoms with Crippen molar-refractivity contribution in [2.45, 2.75) is 96.3 Å². The Morgan fingerprint density at radius 2 is 1.60 bits per heavy atom. The Hall–Kier alpha value is -2.87. The van der Waals surface area contributed by atoms with Gasteiger partial charge in [-0.15, -0.1) is 0 Å². The van der Waals surface area contributed by atoms with Crippen molar-refractivity contribution in [3.05, 3.63) is 65.5 Å². The number of para-hydroxylation sites is 2. The first-order chi connectivity index (χ1) is 20.4. The van der Waals surface area contributed by atoms with Gasteiger partial charge < -0.3 is 14.8 Å². The predicted molar refractivity (Wildman–Crippen MR) is 164 cm³/mol. The molecule has 3 aliphatic rings. The van der Waals surface area contributed by atoms with Crippen LogP contribution in [0.4, 0.5) is 13.2 Å². The minimum atomic E-state index is -4.35. The normalized spacial score (nSPS) is 25.8. The minimum absolute atomic E-state index is 0.140. The standard InChI is InChI=1S/C35H45F3N4O/c1-23-40-29-7-5-6-8-30(29)42(23)28-21-24-9-10-25(22-28)31(24)39-18-15-34(26-11-13-27(14-12-26)35(36,37)38)16-19-41(20-17-34)32(43)33(2,3)4/h5-8,11-14,24-25,28,31,39H,9-10,15-22H2,1-4H3/t24-,25+,28?,31?. The number of benzene rings is 2. The molecular formula is C35H45F3N4O. The molecule has 2 bridgehead atoms. The van der Waals surface area contributed by atoms with Crippen molar-refractivity contribution in [2.75, 3.05) is 19.6 Å². The highest BCUT2D eigenvalue weighted by atomic mass is 19.4. The molecule has 1 saturated heterocycles. The van der Waals surface area contributed by atoms with Crippen molar-refractivity contribution in [2.24, 2.45) is 17.3 Å². The van der Waals surface area contributed by atoms with E-state index in [4.69, 9.17) is 4.98 Å². The molecule has 3 aromatic rings. The smallest absolute Gasteiger partial charge is 0.342 e. The molecule has 4 atom stereocenters. The van der Waals surface area contributed by atoms with Crippen LogP contribution in [0.25, 0.3) is 11.0 Å². The second-order valence-corrected chi connectivity index (χ2v) is 14.4. The molecule has 0 radical (unpaired) electrons. The maximum atomic E-state index is 13.4. The molecule has 2 saturated carbocycles. The number of aromatic nitrogens is 2. The molecule has 2 aromatic carbocycles. The van der Waals surface area contributed by atoms with Crippen LogP contribution in [-0.2, 0) is 16.4 Å². The van der Waals surface area contributed by atoms with Gasteiger partial charge in [0.25, 0.3) is 0 Å². The van der Waals surface area contributed by atoms with E-state index in [1.54, 1.807) is 12.1 Å². The maximum absolute atomic E-state index is 13.4. The van der Waals surface area contributed by atoms with Gasteiger partial charge in [-0.2, -0.15) is 13.2 Å². The van der Waals surface area contributed by atoms with Crippen LogP contribution in [0.15, 0.2) is 48.5 Å². The number of likely N-dealkylation sites (tertiary alicyclic amines) is 1. The van der Waals surface area contributed by atoms with Crippen molar-refractivity contribution in [3.63, 3.8) is 0 Å². The van der Waals surface area contributed by atoms with Gasteiger partial charge in [-0.05, 0) is 105 Å². The first kappa shape index (κ1) is 30.2. The van der Waals surface area contributed by atoms with Gasteiger partial charge in [-0.3, -0.25) is 4.79 Å². The summed E-state index contributed by atoms with van der Waals surface area (Å²) in [7, 11) is 0. The number of imidazole rings is 1. The van der Waals surface area contributed by atoms with E-state index in [9.17, 15) is 18.0 Å². The second kappa shape index (κ2) is 11.2. The van der Waals surface area contributed by atoms with Gasteiger partial charge in [-0.1, -0.05) is 45.0 Å². The molecule has 2 unspecified atom stereocenters. The molecule has 232 valence electrons. The summed E-state index contributed by atoms with van der Waals surface area (Å²) in [5, 5.41) is 3.95. The van der Waals surface area contributed by atoms with Gasteiger partial charge in [0.2, 0.25) is 5.91 Å². The number of nitrogens with one attached hydrogen (secondary N) is 1. The zero-order valence-electron chi connectivity index (χ0n) is 25.9. The van der Waals surface area contributed by atoms with E-state index < -0.39 is 17.2 Å². The van der Waals surface area contributed by atoms with Crippen molar-refractivity contribution in [1.82, 2.24) is 19.8 Å². The molecular weight excluding hydrogens is 549 g/mol. The number of halogens is 3. The fraction of sp³-hybridized carbons (Fsp3) is 0.600. The summed E-state index contributed by atoms with van der Waals surface area (Å²) < 4.78 is 42.5. The molecule has 6 rings (SSSR count). The summed E-state index contributed by atoms with van der Waals surface area (Å²) in [5.41, 5.74) is 1.94. The highest BCUT2D eigenvalue weighted by Crippen LogP contribution is 2.48. The van der Waals surface area contributed by atoms with Crippen LogP contribution >= 0.6 is 0 Å². The van der Waals surface area contributed by atoms with Crippen LogP contribution in [0.3, 0.4) is 0 Å². The van der Waals surface area contributed by atoms with E-state index in [2.05, 4.69) is 35.0 Å². The van der Waals surface area contributed by atoms with Crippen molar-refractivity contribution in [1.29, 1.82) is 0 Å². The van der Waals surface area contributed by atoms with E-state index in [1.807, 2.05) is 31.7 Å². The average molecular weight is 595 g/mol. The summed E-state index contributed by atoms with van der Waals surface area (Å²) in [6, 6.07) is 15.2. The van der Waals surface area contributed by atoms with Gasteiger partial charge in [0.05, 0.1) is 16.6 Å². The topological polar surface area (TPSA) is 50.2 Å². The number of alkyl halides is 3. The average Bonchev–Trinajstić information content (AvgIpc) is 3.42. The van der Waals surface area contributed by atoms with Gasteiger partial charge in [0.1, 0.15) is 5.82 Å². The van der Waals surface area contributed by atoms with Crippen molar-refractivity contribution >= 4 is 16.9 Å². The summed E-state index contributed by atoms with van der Waals surface area (Å²) in [5.74, 6) is 2.45. The third-order valence-electron chi connectivity index (χ3n) is 10.7. The Kier molecular flexibility index (Phi) is 7.89. The van der Waals surface area contributed by atoms with E-state index in [-0.39, 0.29) is 11.3 Å². The molecule has 2 aliphatic carbocycles. The van der Waals surface area contributed by atoms with Crippen LogP contribution in [0, 0.1) is 24.2 Å². The van der Waals surface area contributed by atoms with E-state index >= 15 is 0 Å². The number of carbonyl (C=O) groups excluding carboxylic acids is 1. The highest BCUT2D eigenvalue weighted by Gasteiger charge is 2.45. The molecule has 2 heterocycles. The Bertz CT molecular complexity index is 1430. The molecule has 8 heteroatoms. The predicted octanol–water partition coefficient (Wildman–Crippen LogP) is 7.68. The summed E-state index contributed by atoms with van der Waals surface area (Å²) in [6.45, 7) is 10.0. The molecule has 1 aliphatic heterocycles. The van der Waals surface area contributed by atoms with E-state index in [0.29, 0.717) is 37.0 Å². The zero-order valence-corrected chi connectivity index (χ0v) is 25.9. The number of hydrogen-bond acceptors (Lipinski definition) is 3. The van der Waals surface area contributed by atoms with Crippen LogP contribution in [0.1, 0.15) is 88.7 Å². The van der Waals surface area contributed by atoms with Gasteiger partial charge in [-0.25, -0.2) is 4.98 Å². The molecule has 5 nitrogen and oxygen atoms in total. The fourth-order valence-electron chi connectivity index (χ4n) is 8.45. The number of hydrogen-bond donors (Lipinski definition) is 1. The monoisotopic (exact) mass is 594 g/mol. The lowest BCUT2D eigenvalue weighted by Crippen LogP contribution is -2.50. The van der Waals surface area contributed by atoms with Gasteiger partial charge in [0, 0.05) is 30.6 Å². The van der Waals surface area contributed by atoms with Crippen LogP contribution < -0.4 is 5.32 Å². The Labute approximate surface area is 253 Å². The SMILES string of the molecule is Cc1nc2ccccc2n1C1C[C@H]2CC[C@@H](C1)C2NCCC1(c2ccc(C(F)(F)F)cc2)CCN(C(=O)C(C)(C)C)CC1. The molecule has 43 heavy (non-hydrogen) atoms. The molecule has 3 fully saturated rings. The number of nitrogens with zero attached hydrogens (tertiary/aromatic N) is 3. The number of amides is 1. The minimum Gasteiger partial charge on any atom is -0.342 e. The van der Waals surface area contributed by atoms with E-state index in [0.717, 1.165) is 55.6 Å². The first-order valence-corrected chi connectivity index (χ1v) is 16.0. The Morgan fingerprint density at radius 3 is 2.21 bits per heavy atom. The van der Waals surface area contributed by atoms with Gasteiger partial charge >= 0.3 is 6.18 Å². The number of rotatable bonds is 6. The number of aryl methyl sites for hydroxylation is 1. The van der Waals surface area contributed by atoms with Gasteiger partial charge in [0.15, 0.2) is 0 Å². The van der Waals surface area contributed by atoms with Crippen LogP contribution in [0.5, 0.6) is 0 Å².